The molecule has 0 atom stereocenters. The van der Waals surface area contributed by atoms with Gasteiger partial charge >= 0.3 is 0 Å². The molecule has 116 valence electrons. The fraction of sp³-hybridized carbons (Fsp3) is 0.133. The molecule has 3 aromatic heterocycles. The minimum atomic E-state index is -0.342. The molecular formula is C15H13N5O2S. The number of hydrogen-bond donors (Lipinski definition) is 1. The van der Waals surface area contributed by atoms with Crippen molar-refractivity contribution >= 4 is 22.4 Å². The van der Waals surface area contributed by atoms with Gasteiger partial charge in [0, 0.05) is 12.4 Å². The van der Waals surface area contributed by atoms with Crippen LogP contribution in [-0.2, 0) is 0 Å². The Labute approximate surface area is 136 Å². The van der Waals surface area contributed by atoms with Crippen molar-refractivity contribution in [2.45, 2.75) is 6.92 Å². The highest BCUT2D eigenvalue weighted by Crippen LogP contribution is 2.25. The van der Waals surface area contributed by atoms with Gasteiger partial charge in [0.15, 0.2) is 5.01 Å². The average molecular weight is 327 g/mol. The van der Waals surface area contributed by atoms with Gasteiger partial charge in [-0.2, -0.15) is 0 Å². The summed E-state index contributed by atoms with van der Waals surface area (Å²) in [6, 6.07) is 8.85. The number of nitrogens with zero attached hydrogens (tertiary/aromatic N) is 4. The molecule has 1 amide bonds. The molecule has 1 N–H and O–H groups in total. The van der Waals surface area contributed by atoms with Crippen molar-refractivity contribution in [1.29, 1.82) is 0 Å². The van der Waals surface area contributed by atoms with Gasteiger partial charge in [-0.05, 0) is 31.2 Å². The Morgan fingerprint density at radius 3 is 2.83 bits per heavy atom. The molecule has 0 aliphatic rings. The van der Waals surface area contributed by atoms with Crippen molar-refractivity contribution in [3.8, 4) is 16.6 Å². The topological polar surface area (TPSA) is 89.9 Å². The molecule has 3 heterocycles. The summed E-state index contributed by atoms with van der Waals surface area (Å²) in [6.07, 6.45) is 3.25. The highest BCUT2D eigenvalue weighted by molar-refractivity contribution is 7.18. The first kappa shape index (κ1) is 15.0. The van der Waals surface area contributed by atoms with Crippen molar-refractivity contribution in [3.05, 3.63) is 48.3 Å². The number of carbonyl (C=O) groups excluding carboxylic acids is 1. The quantitative estimate of drug-likeness (QED) is 0.775. The summed E-state index contributed by atoms with van der Waals surface area (Å²) < 4.78 is 5.36. The highest BCUT2D eigenvalue weighted by Gasteiger charge is 2.16. The lowest BCUT2D eigenvalue weighted by Gasteiger charge is -2.07. The molecule has 0 unspecified atom stereocenters. The number of anilines is 1. The van der Waals surface area contributed by atoms with E-state index in [0.29, 0.717) is 33.9 Å². The van der Waals surface area contributed by atoms with Crippen LogP contribution in [0.2, 0.25) is 0 Å². The second kappa shape index (κ2) is 6.93. The van der Waals surface area contributed by atoms with Gasteiger partial charge in [0.05, 0.1) is 6.61 Å². The number of rotatable bonds is 5. The Morgan fingerprint density at radius 2 is 2.04 bits per heavy atom. The molecular weight excluding hydrogens is 314 g/mol. The normalized spacial score (nSPS) is 10.3. The number of hydrogen-bond acceptors (Lipinski definition) is 7. The molecule has 0 aliphatic heterocycles. The number of carbonyl (C=O) groups is 1. The van der Waals surface area contributed by atoms with E-state index in [4.69, 9.17) is 4.74 Å². The van der Waals surface area contributed by atoms with Crippen LogP contribution in [-0.4, -0.2) is 32.7 Å². The second-order valence-corrected chi connectivity index (χ2v) is 5.35. The summed E-state index contributed by atoms with van der Waals surface area (Å²) in [5.74, 6) is -0.0489. The first-order valence-corrected chi connectivity index (χ1v) is 7.73. The maximum absolute atomic E-state index is 12.3. The molecule has 0 bridgehead atoms. The summed E-state index contributed by atoms with van der Waals surface area (Å²) in [5.41, 5.74) is 1.06. The van der Waals surface area contributed by atoms with Crippen LogP contribution in [0.1, 0.15) is 17.3 Å². The van der Waals surface area contributed by atoms with Gasteiger partial charge in [-0.1, -0.05) is 17.4 Å². The smallest absolute Gasteiger partial charge is 0.262 e. The minimum absolute atomic E-state index is 0.293. The lowest BCUT2D eigenvalue weighted by atomic mass is 10.2. The molecule has 8 heteroatoms. The van der Waals surface area contributed by atoms with Crippen LogP contribution < -0.4 is 10.1 Å². The summed E-state index contributed by atoms with van der Waals surface area (Å²) >= 11 is 1.25. The predicted octanol–water partition coefficient (Wildman–Crippen LogP) is 2.65. The third kappa shape index (κ3) is 3.49. The van der Waals surface area contributed by atoms with Gasteiger partial charge in [0.2, 0.25) is 11.0 Å². The number of amides is 1. The molecule has 0 fully saturated rings. The van der Waals surface area contributed by atoms with E-state index in [2.05, 4.69) is 25.5 Å². The average Bonchev–Trinajstić information content (AvgIpc) is 3.05. The Hall–Kier alpha value is -2.87. The van der Waals surface area contributed by atoms with Crippen molar-refractivity contribution in [1.82, 2.24) is 20.2 Å². The van der Waals surface area contributed by atoms with E-state index >= 15 is 0 Å². The molecule has 23 heavy (non-hydrogen) atoms. The third-order valence-corrected chi connectivity index (χ3v) is 3.69. The van der Waals surface area contributed by atoms with Gasteiger partial charge in [-0.3, -0.25) is 15.1 Å². The highest BCUT2D eigenvalue weighted by atomic mass is 32.1. The molecule has 3 rings (SSSR count). The van der Waals surface area contributed by atoms with Gasteiger partial charge in [0.25, 0.3) is 5.91 Å². The zero-order chi connectivity index (χ0) is 16.1. The van der Waals surface area contributed by atoms with Gasteiger partial charge in [-0.15, -0.1) is 10.2 Å². The fourth-order valence-corrected chi connectivity index (χ4v) is 2.56. The zero-order valence-electron chi connectivity index (χ0n) is 12.3. The molecule has 3 aromatic rings. The fourth-order valence-electron chi connectivity index (χ4n) is 1.85. The van der Waals surface area contributed by atoms with Crippen LogP contribution in [0.25, 0.3) is 10.7 Å². The van der Waals surface area contributed by atoms with Gasteiger partial charge in [0.1, 0.15) is 11.3 Å². The summed E-state index contributed by atoms with van der Waals surface area (Å²) in [7, 11) is 0. The maximum atomic E-state index is 12.3. The number of ether oxygens (including phenoxy) is 1. The Bertz CT molecular complexity index is 806. The van der Waals surface area contributed by atoms with E-state index in [0.717, 1.165) is 0 Å². The SMILES string of the molecule is CCOc1ncccc1C(=O)Nc1nnc(-c2ccccn2)s1. The van der Waals surface area contributed by atoms with E-state index in [1.165, 1.54) is 11.3 Å². The van der Waals surface area contributed by atoms with Crippen LogP contribution in [0.15, 0.2) is 42.7 Å². The summed E-state index contributed by atoms with van der Waals surface area (Å²) in [5, 5.41) is 11.7. The Morgan fingerprint density at radius 1 is 1.17 bits per heavy atom. The van der Waals surface area contributed by atoms with Crippen molar-refractivity contribution < 1.29 is 9.53 Å². The van der Waals surface area contributed by atoms with Crippen LogP contribution >= 0.6 is 11.3 Å². The van der Waals surface area contributed by atoms with Crippen molar-refractivity contribution in [2.75, 3.05) is 11.9 Å². The van der Waals surface area contributed by atoms with Gasteiger partial charge < -0.3 is 4.74 Å². The molecule has 0 saturated heterocycles. The van der Waals surface area contributed by atoms with E-state index in [1.54, 1.807) is 24.5 Å². The largest absolute Gasteiger partial charge is 0.477 e. The lowest BCUT2D eigenvalue weighted by Crippen LogP contribution is -2.14. The maximum Gasteiger partial charge on any atom is 0.262 e. The molecule has 0 radical (unpaired) electrons. The summed E-state index contributed by atoms with van der Waals surface area (Å²) in [4.78, 5) is 20.6. The van der Waals surface area contributed by atoms with Crippen LogP contribution in [0.3, 0.4) is 0 Å². The summed E-state index contributed by atoms with van der Waals surface area (Å²) in [6.45, 7) is 2.26. The van der Waals surface area contributed by atoms with E-state index in [-0.39, 0.29) is 5.91 Å². The molecule has 0 aromatic carbocycles. The Kier molecular flexibility index (Phi) is 4.53. The molecule has 0 spiro atoms. The van der Waals surface area contributed by atoms with Crippen LogP contribution in [0, 0.1) is 0 Å². The lowest BCUT2D eigenvalue weighted by molar-refractivity contribution is 0.102. The number of pyridine rings is 2. The van der Waals surface area contributed by atoms with Crippen molar-refractivity contribution in [2.24, 2.45) is 0 Å². The number of aromatic nitrogens is 4. The van der Waals surface area contributed by atoms with E-state index < -0.39 is 0 Å². The van der Waals surface area contributed by atoms with E-state index in [9.17, 15) is 4.79 Å². The minimum Gasteiger partial charge on any atom is -0.477 e. The van der Waals surface area contributed by atoms with Crippen LogP contribution in [0.5, 0.6) is 5.88 Å². The molecule has 0 saturated carbocycles. The van der Waals surface area contributed by atoms with Gasteiger partial charge in [-0.25, -0.2) is 4.98 Å². The predicted molar refractivity (Wildman–Crippen MR) is 86.5 cm³/mol. The van der Waals surface area contributed by atoms with Crippen LogP contribution in [0.4, 0.5) is 5.13 Å². The second-order valence-electron chi connectivity index (χ2n) is 4.37. The number of nitrogens with one attached hydrogen (secondary N) is 1. The first-order chi connectivity index (χ1) is 11.3. The monoisotopic (exact) mass is 327 g/mol. The van der Waals surface area contributed by atoms with Crippen molar-refractivity contribution in [3.63, 3.8) is 0 Å². The Balaban J connectivity index is 1.78. The third-order valence-electron chi connectivity index (χ3n) is 2.83. The standard InChI is InChI=1S/C15H13N5O2S/c1-2-22-13-10(6-5-9-17-13)12(21)18-15-20-19-14(23-15)11-7-3-4-8-16-11/h3-9H,2H2,1H3,(H,18,20,21). The zero-order valence-corrected chi connectivity index (χ0v) is 13.1. The molecule has 0 aliphatic carbocycles. The first-order valence-electron chi connectivity index (χ1n) is 6.92. The molecule has 7 nitrogen and oxygen atoms in total. The van der Waals surface area contributed by atoms with E-state index in [1.807, 2.05) is 25.1 Å².